The third kappa shape index (κ3) is 6.89. The molecule has 0 unspecified atom stereocenters. The molecule has 0 aliphatic rings. The van der Waals surface area contributed by atoms with Crippen LogP contribution in [0.2, 0.25) is 0 Å². The Morgan fingerprint density at radius 1 is 1.17 bits per heavy atom. The molecule has 30 heavy (non-hydrogen) atoms. The van der Waals surface area contributed by atoms with Crippen LogP contribution in [0.1, 0.15) is 17.7 Å². The van der Waals surface area contributed by atoms with Crippen molar-refractivity contribution in [1.29, 1.82) is 0 Å². The average molecular weight is 412 g/mol. The van der Waals surface area contributed by atoms with Crippen LogP contribution in [0.25, 0.3) is 0 Å². The number of benzene rings is 1. The number of aromatic nitrogens is 1. The Bertz CT molecular complexity index is 932. The summed E-state index contributed by atoms with van der Waals surface area (Å²) in [7, 11) is 1.70. The molecule has 0 radical (unpaired) electrons. The molecule has 0 fully saturated rings. The number of hydrogen-bond acceptors (Lipinski definition) is 5. The smallest absolute Gasteiger partial charge is 0.224 e. The second kappa shape index (κ2) is 11.6. The molecule has 3 aromatic rings. The van der Waals surface area contributed by atoms with E-state index in [1.807, 2.05) is 24.3 Å². The average Bonchev–Trinajstić information content (AvgIpc) is 3.27. The van der Waals surface area contributed by atoms with Gasteiger partial charge in [0.25, 0.3) is 0 Å². The van der Waals surface area contributed by atoms with E-state index in [0.717, 1.165) is 17.7 Å². The lowest BCUT2D eigenvalue weighted by atomic mass is 10.2. The highest BCUT2D eigenvalue weighted by molar-refractivity contribution is 5.79. The fraction of sp³-hybridized carbons (Fsp3) is 0.273. The van der Waals surface area contributed by atoms with Gasteiger partial charge in [0.2, 0.25) is 5.88 Å². The van der Waals surface area contributed by atoms with Gasteiger partial charge in [0.1, 0.15) is 23.9 Å². The quantitative estimate of drug-likeness (QED) is 0.299. The molecular formula is C22H25FN4O3. The van der Waals surface area contributed by atoms with Crippen LogP contribution in [-0.2, 0) is 17.9 Å². The van der Waals surface area contributed by atoms with Crippen LogP contribution in [0.4, 0.5) is 4.39 Å². The Kier molecular flexibility index (Phi) is 8.23. The van der Waals surface area contributed by atoms with E-state index in [1.54, 1.807) is 31.6 Å². The minimum atomic E-state index is -0.360. The minimum absolute atomic E-state index is 0.360. The first-order chi connectivity index (χ1) is 14.7. The van der Waals surface area contributed by atoms with Gasteiger partial charge in [-0.1, -0.05) is 12.1 Å². The molecule has 158 valence electrons. The molecule has 0 saturated carbocycles. The largest absolute Gasteiger partial charge is 0.467 e. The van der Waals surface area contributed by atoms with Crippen molar-refractivity contribution in [2.24, 2.45) is 4.99 Å². The third-order valence-corrected chi connectivity index (χ3v) is 4.11. The summed E-state index contributed by atoms with van der Waals surface area (Å²) in [4.78, 5) is 8.47. The number of nitrogens with zero attached hydrogens (tertiary/aromatic N) is 2. The Balaban J connectivity index is 1.42. The summed E-state index contributed by atoms with van der Waals surface area (Å²) in [5.41, 5.74) is 0.825. The Morgan fingerprint density at radius 3 is 2.90 bits per heavy atom. The standard InChI is InChI=1S/C22H25FN4O3/c1-24-22(26-11-5-12-28-16-20-9-4-13-29-20)27-15-17-6-3-10-25-21(17)30-19-8-2-7-18(23)14-19/h2-4,6-10,13-14H,5,11-12,15-16H2,1H3,(H2,24,26,27). The highest BCUT2D eigenvalue weighted by atomic mass is 19.1. The molecule has 3 rings (SSSR count). The van der Waals surface area contributed by atoms with Crippen molar-refractivity contribution in [1.82, 2.24) is 15.6 Å². The lowest BCUT2D eigenvalue weighted by molar-refractivity contribution is 0.105. The van der Waals surface area contributed by atoms with Crippen LogP contribution in [-0.4, -0.2) is 31.1 Å². The van der Waals surface area contributed by atoms with Gasteiger partial charge in [-0.2, -0.15) is 0 Å². The van der Waals surface area contributed by atoms with Gasteiger partial charge in [0.05, 0.1) is 6.26 Å². The van der Waals surface area contributed by atoms with E-state index in [1.165, 1.54) is 12.1 Å². The molecular weight excluding hydrogens is 387 g/mol. The topological polar surface area (TPSA) is 80.9 Å². The Morgan fingerprint density at radius 2 is 2.10 bits per heavy atom. The van der Waals surface area contributed by atoms with Crippen molar-refractivity contribution in [3.8, 4) is 11.6 Å². The zero-order valence-electron chi connectivity index (χ0n) is 16.8. The van der Waals surface area contributed by atoms with Gasteiger partial charge >= 0.3 is 0 Å². The molecule has 0 atom stereocenters. The number of pyridine rings is 1. The molecule has 1 aromatic carbocycles. The van der Waals surface area contributed by atoms with Crippen LogP contribution >= 0.6 is 0 Å². The molecule has 0 saturated heterocycles. The van der Waals surface area contributed by atoms with Crippen LogP contribution < -0.4 is 15.4 Å². The molecule has 0 amide bonds. The van der Waals surface area contributed by atoms with Gasteiger partial charge in [0.15, 0.2) is 5.96 Å². The first kappa shape index (κ1) is 21.3. The molecule has 0 spiro atoms. The van der Waals surface area contributed by atoms with Gasteiger partial charge < -0.3 is 24.5 Å². The first-order valence-electron chi connectivity index (χ1n) is 9.66. The van der Waals surface area contributed by atoms with Crippen LogP contribution in [0.3, 0.4) is 0 Å². The summed E-state index contributed by atoms with van der Waals surface area (Å²) < 4.78 is 29.9. The monoisotopic (exact) mass is 412 g/mol. The molecule has 0 aliphatic heterocycles. The van der Waals surface area contributed by atoms with Gasteiger partial charge in [-0.15, -0.1) is 0 Å². The van der Waals surface area contributed by atoms with Gasteiger partial charge in [-0.25, -0.2) is 9.37 Å². The lowest BCUT2D eigenvalue weighted by Crippen LogP contribution is -2.37. The zero-order chi connectivity index (χ0) is 21.0. The van der Waals surface area contributed by atoms with E-state index in [0.29, 0.717) is 43.9 Å². The maximum absolute atomic E-state index is 13.4. The van der Waals surface area contributed by atoms with E-state index >= 15 is 0 Å². The summed E-state index contributed by atoms with van der Waals surface area (Å²) >= 11 is 0. The number of furan rings is 1. The van der Waals surface area contributed by atoms with Crippen molar-refractivity contribution in [3.05, 3.63) is 78.1 Å². The number of nitrogens with one attached hydrogen (secondary N) is 2. The summed E-state index contributed by atoms with van der Waals surface area (Å²) in [6.45, 7) is 2.23. The normalized spacial score (nSPS) is 11.3. The SMILES string of the molecule is CN=C(NCCCOCc1ccco1)NCc1cccnc1Oc1cccc(F)c1. The Hall–Kier alpha value is -3.39. The molecule has 2 aromatic heterocycles. The summed E-state index contributed by atoms with van der Waals surface area (Å²) in [6.07, 6.45) is 4.09. The summed E-state index contributed by atoms with van der Waals surface area (Å²) in [5, 5.41) is 6.46. The highest BCUT2D eigenvalue weighted by Crippen LogP contribution is 2.23. The number of hydrogen-bond donors (Lipinski definition) is 2. The van der Waals surface area contributed by atoms with E-state index < -0.39 is 0 Å². The number of halogens is 1. The minimum Gasteiger partial charge on any atom is -0.467 e. The summed E-state index contributed by atoms with van der Waals surface area (Å²) in [6, 6.07) is 13.4. The van der Waals surface area contributed by atoms with Crippen LogP contribution in [0.5, 0.6) is 11.6 Å². The molecule has 8 heteroatoms. The summed E-state index contributed by atoms with van der Waals surface area (Å²) in [5.74, 6) is 1.92. The number of aliphatic imine (C=N–C) groups is 1. The fourth-order valence-corrected chi connectivity index (χ4v) is 2.64. The lowest BCUT2D eigenvalue weighted by Gasteiger charge is -2.14. The van der Waals surface area contributed by atoms with E-state index in [9.17, 15) is 4.39 Å². The molecule has 7 nitrogen and oxygen atoms in total. The third-order valence-electron chi connectivity index (χ3n) is 4.11. The number of rotatable bonds is 10. The van der Waals surface area contributed by atoms with E-state index in [4.69, 9.17) is 13.9 Å². The van der Waals surface area contributed by atoms with Gasteiger partial charge in [-0.3, -0.25) is 4.99 Å². The Labute approximate surface area is 175 Å². The van der Waals surface area contributed by atoms with Gasteiger partial charge in [-0.05, 0) is 36.8 Å². The number of ether oxygens (including phenoxy) is 2. The fourth-order valence-electron chi connectivity index (χ4n) is 2.64. The van der Waals surface area contributed by atoms with Crippen molar-refractivity contribution in [3.63, 3.8) is 0 Å². The van der Waals surface area contributed by atoms with Crippen molar-refractivity contribution in [2.75, 3.05) is 20.2 Å². The van der Waals surface area contributed by atoms with Gasteiger partial charge in [0, 0.05) is 44.6 Å². The van der Waals surface area contributed by atoms with Crippen LogP contribution in [0, 0.1) is 5.82 Å². The molecule has 0 bridgehead atoms. The first-order valence-corrected chi connectivity index (χ1v) is 9.66. The van der Waals surface area contributed by atoms with E-state index in [2.05, 4.69) is 20.6 Å². The predicted molar refractivity (Wildman–Crippen MR) is 112 cm³/mol. The molecule has 2 heterocycles. The van der Waals surface area contributed by atoms with Crippen molar-refractivity contribution < 1.29 is 18.3 Å². The molecule has 2 N–H and O–H groups in total. The second-order valence-electron chi connectivity index (χ2n) is 6.37. The highest BCUT2D eigenvalue weighted by Gasteiger charge is 2.08. The zero-order valence-corrected chi connectivity index (χ0v) is 16.8. The van der Waals surface area contributed by atoms with Crippen LogP contribution in [0.15, 0.2) is 70.4 Å². The maximum Gasteiger partial charge on any atom is 0.224 e. The van der Waals surface area contributed by atoms with Crippen molar-refractivity contribution in [2.45, 2.75) is 19.6 Å². The van der Waals surface area contributed by atoms with Crippen molar-refractivity contribution >= 4 is 5.96 Å². The maximum atomic E-state index is 13.4. The van der Waals surface area contributed by atoms with E-state index in [-0.39, 0.29) is 5.82 Å². The molecule has 0 aliphatic carbocycles. The number of guanidine groups is 1. The second-order valence-corrected chi connectivity index (χ2v) is 6.37. The predicted octanol–water partition coefficient (Wildman–Crippen LogP) is 3.88.